The molecular formula is C17H26N6O2S. The van der Waals surface area contributed by atoms with Gasteiger partial charge in [0.2, 0.25) is 0 Å². The van der Waals surface area contributed by atoms with Gasteiger partial charge in [-0.1, -0.05) is 0 Å². The first-order valence-electron chi connectivity index (χ1n) is 9.04. The Morgan fingerprint density at radius 3 is 2.69 bits per heavy atom. The van der Waals surface area contributed by atoms with Crippen molar-refractivity contribution >= 4 is 10.2 Å². The average Bonchev–Trinajstić information content (AvgIpc) is 3.27. The zero-order valence-corrected chi connectivity index (χ0v) is 16.6. The fourth-order valence-electron chi connectivity index (χ4n) is 3.61. The van der Waals surface area contributed by atoms with E-state index in [1.807, 2.05) is 17.9 Å². The third-order valence-corrected chi connectivity index (χ3v) is 7.29. The van der Waals surface area contributed by atoms with Gasteiger partial charge in [0.05, 0.1) is 0 Å². The number of imidazole rings is 1. The van der Waals surface area contributed by atoms with Crippen LogP contribution in [0, 0.1) is 12.8 Å². The Balaban J connectivity index is 1.75. The van der Waals surface area contributed by atoms with E-state index in [2.05, 4.69) is 16.5 Å². The first kappa shape index (κ1) is 17.7. The van der Waals surface area contributed by atoms with E-state index in [9.17, 15) is 8.42 Å². The third kappa shape index (κ3) is 2.87. The standard InChI is InChI=1S/C17H26N6O2S/c1-12-9-18-17(23(12)10-13-5-6-13)16-14-11-22(26(24,25)20(2)3)8-7-15(14)21(4)19-16/h9,13H,5-8,10-11H2,1-4H3. The Morgan fingerprint density at radius 1 is 1.31 bits per heavy atom. The van der Waals surface area contributed by atoms with Gasteiger partial charge in [0.1, 0.15) is 5.69 Å². The second-order valence-corrected chi connectivity index (χ2v) is 9.69. The van der Waals surface area contributed by atoms with Crippen molar-refractivity contribution in [1.29, 1.82) is 0 Å². The van der Waals surface area contributed by atoms with Crippen LogP contribution in [0.4, 0.5) is 0 Å². The van der Waals surface area contributed by atoms with Crippen molar-refractivity contribution in [3.8, 4) is 11.5 Å². The van der Waals surface area contributed by atoms with Crippen LogP contribution in [0.3, 0.4) is 0 Å². The van der Waals surface area contributed by atoms with Gasteiger partial charge in [-0.25, -0.2) is 4.98 Å². The molecule has 8 nitrogen and oxygen atoms in total. The molecule has 0 N–H and O–H groups in total. The van der Waals surface area contributed by atoms with E-state index in [1.54, 1.807) is 14.1 Å². The van der Waals surface area contributed by atoms with Gasteiger partial charge in [0, 0.05) is 70.3 Å². The Labute approximate surface area is 154 Å². The number of aromatic nitrogens is 4. The molecule has 0 spiro atoms. The summed E-state index contributed by atoms with van der Waals surface area (Å²) in [5.74, 6) is 1.59. The summed E-state index contributed by atoms with van der Waals surface area (Å²) >= 11 is 0. The zero-order valence-electron chi connectivity index (χ0n) is 15.8. The molecule has 1 aliphatic carbocycles. The lowest BCUT2D eigenvalue weighted by Gasteiger charge is -2.29. The number of aryl methyl sites for hydroxylation is 2. The molecule has 2 aromatic rings. The normalized spacial score (nSPS) is 18.5. The molecule has 0 atom stereocenters. The second-order valence-electron chi connectivity index (χ2n) is 7.55. The fraction of sp³-hybridized carbons (Fsp3) is 0.647. The Bertz CT molecular complexity index is 939. The van der Waals surface area contributed by atoms with Crippen molar-refractivity contribution in [1.82, 2.24) is 27.9 Å². The smallest absolute Gasteiger partial charge is 0.281 e. The quantitative estimate of drug-likeness (QED) is 0.783. The highest BCUT2D eigenvalue weighted by atomic mass is 32.2. The van der Waals surface area contributed by atoms with Gasteiger partial charge in [0.25, 0.3) is 10.2 Å². The van der Waals surface area contributed by atoms with E-state index in [0.717, 1.165) is 40.9 Å². The van der Waals surface area contributed by atoms with Crippen LogP contribution in [0.25, 0.3) is 11.5 Å². The SMILES string of the molecule is Cc1cnc(-c2nn(C)c3c2CN(S(=O)(=O)N(C)C)CC3)n1CC1CC1. The molecule has 3 heterocycles. The van der Waals surface area contributed by atoms with Crippen molar-refractivity contribution < 1.29 is 8.42 Å². The van der Waals surface area contributed by atoms with Crippen LogP contribution >= 0.6 is 0 Å². The molecule has 0 saturated heterocycles. The van der Waals surface area contributed by atoms with Crippen LogP contribution in [-0.2, 0) is 36.8 Å². The predicted octanol–water partition coefficient (Wildman–Crippen LogP) is 1.17. The van der Waals surface area contributed by atoms with Crippen molar-refractivity contribution in [3.63, 3.8) is 0 Å². The molecule has 1 aliphatic heterocycles. The van der Waals surface area contributed by atoms with Gasteiger partial charge >= 0.3 is 0 Å². The highest BCUT2D eigenvalue weighted by molar-refractivity contribution is 7.86. The van der Waals surface area contributed by atoms with E-state index in [0.29, 0.717) is 19.5 Å². The molecule has 0 unspecified atom stereocenters. The van der Waals surface area contributed by atoms with Crippen molar-refractivity contribution in [2.45, 2.75) is 39.3 Å². The minimum absolute atomic E-state index is 0.342. The molecule has 26 heavy (non-hydrogen) atoms. The van der Waals surface area contributed by atoms with Gasteiger partial charge in [-0.15, -0.1) is 0 Å². The highest BCUT2D eigenvalue weighted by Crippen LogP contribution is 2.35. The molecule has 2 aromatic heterocycles. The summed E-state index contributed by atoms with van der Waals surface area (Å²) in [4.78, 5) is 4.62. The monoisotopic (exact) mass is 378 g/mol. The second kappa shape index (κ2) is 6.17. The van der Waals surface area contributed by atoms with Gasteiger partial charge in [0.15, 0.2) is 5.82 Å². The van der Waals surface area contributed by atoms with E-state index in [-0.39, 0.29) is 0 Å². The molecule has 0 radical (unpaired) electrons. The number of rotatable bonds is 5. The van der Waals surface area contributed by atoms with Gasteiger partial charge < -0.3 is 4.57 Å². The summed E-state index contributed by atoms with van der Waals surface area (Å²) in [7, 11) is 1.63. The Morgan fingerprint density at radius 2 is 2.04 bits per heavy atom. The van der Waals surface area contributed by atoms with Crippen LogP contribution < -0.4 is 0 Å². The summed E-state index contributed by atoms with van der Waals surface area (Å²) < 4.78 is 32.1. The lowest BCUT2D eigenvalue weighted by Crippen LogP contribution is -2.42. The molecule has 2 aliphatic rings. The van der Waals surface area contributed by atoms with E-state index in [1.165, 1.54) is 21.5 Å². The number of hydrogen-bond donors (Lipinski definition) is 0. The third-order valence-electron chi connectivity index (χ3n) is 5.40. The topological polar surface area (TPSA) is 76.3 Å². The van der Waals surface area contributed by atoms with Gasteiger partial charge in [-0.05, 0) is 25.7 Å². The lowest BCUT2D eigenvalue weighted by atomic mass is 10.1. The lowest BCUT2D eigenvalue weighted by molar-refractivity contribution is 0.355. The largest absolute Gasteiger partial charge is 0.327 e. The van der Waals surface area contributed by atoms with Gasteiger partial charge in [-0.3, -0.25) is 4.68 Å². The maximum Gasteiger partial charge on any atom is 0.281 e. The highest BCUT2D eigenvalue weighted by Gasteiger charge is 2.34. The molecule has 1 fully saturated rings. The van der Waals surface area contributed by atoms with Crippen LogP contribution in [0.15, 0.2) is 6.20 Å². The zero-order chi connectivity index (χ0) is 18.6. The van der Waals surface area contributed by atoms with E-state index >= 15 is 0 Å². The average molecular weight is 379 g/mol. The van der Waals surface area contributed by atoms with Crippen LogP contribution in [0.5, 0.6) is 0 Å². The van der Waals surface area contributed by atoms with Crippen LogP contribution in [0.1, 0.15) is 29.8 Å². The van der Waals surface area contributed by atoms with Crippen molar-refractivity contribution in [2.24, 2.45) is 13.0 Å². The number of hydrogen-bond acceptors (Lipinski definition) is 4. The molecule has 0 bridgehead atoms. The first-order chi connectivity index (χ1) is 12.3. The molecular weight excluding hydrogens is 352 g/mol. The maximum absolute atomic E-state index is 12.6. The molecule has 9 heteroatoms. The molecule has 1 saturated carbocycles. The number of fused-ring (bicyclic) bond motifs is 1. The van der Waals surface area contributed by atoms with Crippen LogP contribution in [0.2, 0.25) is 0 Å². The van der Waals surface area contributed by atoms with Crippen molar-refractivity contribution in [3.05, 3.63) is 23.1 Å². The Kier molecular flexibility index (Phi) is 4.20. The minimum Gasteiger partial charge on any atom is -0.327 e. The predicted molar refractivity (Wildman–Crippen MR) is 98.6 cm³/mol. The summed E-state index contributed by atoms with van der Waals surface area (Å²) in [5, 5.41) is 4.72. The fourth-order valence-corrected chi connectivity index (χ4v) is 4.69. The molecule has 0 aromatic carbocycles. The summed E-state index contributed by atoms with van der Waals surface area (Å²) in [6.45, 7) is 3.85. The number of nitrogens with zero attached hydrogens (tertiary/aromatic N) is 6. The Hall–Kier alpha value is -1.71. The molecule has 0 amide bonds. The summed E-state index contributed by atoms with van der Waals surface area (Å²) in [5.41, 5.74) is 4.02. The summed E-state index contributed by atoms with van der Waals surface area (Å²) in [6.07, 6.45) is 5.09. The van der Waals surface area contributed by atoms with Crippen LogP contribution in [-0.4, -0.2) is 57.0 Å². The first-order valence-corrected chi connectivity index (χ1v) is 10.4. The molecule has 4 rings (SSSR count). The molecule has 142 valence electrons. The van der Waals surface area contributed by atoms with E-state index < -0.39 is 10.2 Å². The van der Waals surface area contributed by atoms with E-state index in [4.69, 9.17) is 5.10 Å². The summed E-state index contributed by atoms with van der Waals surface area (Å²) in [6, 6.07) is 0. The minimum atomic E-state index is -3.44. The van der Waals surface area contributed by atoms with Gasteiger partial charge in [-0.2, -0.15) is 22.1 Å². The maximum atomic E-state index is 12.6. The van der Waals surface area contributed by atoms with Crippen molar-refractivity contribution in [2.75, 3.05) is 20.6 Å².